The van der Waals surface area contributed by atoms with E-state index in [1.165, 1.54) is 0 Å². The van der Waals surface area contributed by atoms with Crippen molar-refractivity contribution < 1.29 is 9.53 Å². The molecule has 0 bridgehead atoms. The number of nitrogens with zero attached hydrogens (tertiary/aromatic N) is 1. The van der Waals surface area contributed by atoms with E-state index in [9.17, 15) is 4.79 Å². The lowest BCUT2D eigenvalue weighted by Gasteiger charge is -2.47. The number of para-hydroxylation sites is 2. The predicted octanol–water partition coefficient (Wildman–Crippen LogP) is 4.87. The van der Waals surface area contributed by atoms with Gasteiger partial charge >= 0.3 is 0 Å². The van der Waals surface area contributed by atoms with Crippen LogP contribution in [-0.4, -0.2) is 24.0 Å². The number of fused-ring (bicyclic) bond motifs is 1. The van der Waals surface area contributed by atoms with Crippen LogP contribution in [0.2, 0.25) is 0 Å². The van der Waals surface area contributed by atoms with Gasteiger partial charge in [-0.15, -0.1) is 0 Å². The summed E-state index contributed by atoms with van der Waals surface area (Å²) in [5.41, 5.74) is 1.91. The van der Waals surface area contributed by atoms with Gasteiger partial charge in [0.1, 0.15) is 11.4 Å². The van der Waals surface area contributed by atoms with Crippen molar-refractivity contribution in [3.05, 3.63) is 59.7 Å². The fourth-order valence-electron chi connectivity index (χ4n) is 3.47. The van der Waals surface area contributed by atoms with E-state index in [0.29, 0.717) is 19.1 Å². The molecule has 1 heterocycles. The summed E-state index contributed by atoms with van der Waals surface area (Å²) in [5, 5.41) is 3.61. The Morgan fingerprint density at radius 2 is 1.81 bits per heavy atom. The number of carbonyl (C=O) groups excluding carboxylic acids is 1. The molecule has 4 nitrogen and oxygen atoms in total. The fourth-order valence-corrected chi connectivity index (χ4v) is 3.47. The smallest absolute Gasteiger partial charge is 0.258 e. The molecule has 2 aromatic rings. The second-order valence-electron chi connectivity index (χ2n) is 7.40. The lowest BCUT2D eigenvalue weighted by Crippen LogP contribution is -2.56. The van der Waals surface area contributed by atoms with Crippen LogP contribution in [0.25, 0.3) is 0 Å². The summed E-state index contributed by atoms with van der Waals surface area (Å²) < 4.78 is 6.09. The van der Waals surface area contributed by atoms with Gasteiger partial charge in [-0.25, -0.2) is 0 Å². The number of amides is 1. The van der Waals surface area contributed by atoms with E-state index in [1.54, 1.807) is 0 Å². The molecule has 2 aromatic carbocycles. The first-order valence-corrected chi connectivity index (χ1v) is 9.39. The van der Waals surface area contributed by atoms with Gasteiger partial charge in [-0.05, 0) is 37.5 Å². The SMILES string of the molecule is CCCN1C(=O)c2ccccc2NC1(C)c1ccccc1OCC(C)C. The van der Waals surface area contributed by atoms with Crippen LogP contribution in [-0.2, 0) is 5.66 Å². The lowest BCUT2D eigenvalue weighted by atomic mass is 9.92. The summed E-state index contributed by atoms with van der Waals surface area (Å²) in [4.78, 5) is 15.1. The van der Waals surface area contributed by atoms with E-state index in [4.69, 9.17) is 4.74 Å². The average molecular weight is 352 g/mol. The zero-order chi connectivity index (χ0) is 18.7. The van der Waals surface area contributed by atoms with Crippen molar-refractivity contribution in [2.24, 2.45) is 5.92 Å². The summed E-state index contributed by atoms with van der Waals surface area (Å²) in [6.45, 7) is 9.74. The maximum Gasteiger partial charge on any atom is 0.258 e. The summed E-state index contributed by atoms with van der Waals surface area (Å²) in [5.74, 6) is 1.32. The van der Waals surface area contributed by atoms with Crippen molar-refractivity contribution in [1.29, 1.82) is 0 Å². The van der Waals surface area contributed by atoms with Gasteiger partial charge in [0.15, 0.2) is 0 Å². The van der Waals surface area contributed by atoms with Crippen molar-refractivity contribution in [2.45, 2.75) is 39.8 Å². The van der Waals surface area contributed by atoms with Crippen LogP contribution in [0.5, 0.6) is 5.75 Å². The normalized spacial score (nSPS) is 19.3. The minimum absolute atomic E-state index is 0.0577. The molecule has 1 aliphatic rings. The third-order valence-corrected chi connectivity index (χ3v) is 4.75. The largest absolute Gasteiger partial charge is 0.493 e. The predicted molar refractivity (Wildman–Crippen MR) is 106 cm³/mol. The lowest BCUT2D eigenvalue weighted by molar-refractivity contribution is 0.0528. The van der Waals surface area contributed by atoms with Gasteiger partial charge in [0, 0.05) is 17.8 Å². The van der Waals surface area contributed by atoms with Crippen molar-refractivity contribution in [3.8, 4) is 5.75 Å². The molecular weight excluding hydrogens is 324 g/mol. The molecule has 26 heavy (non-hydrogen) atoms. The van der Waals surface area contributed by atoms with Crippen LogP contribution in [0, 0.1) is 5.92 Å². The van der Waals surface area contributed by atoms with Crippen LogP contribution in [0.1, 0.15) is 50.0 Å². The molecular formula is C22H28N2O2. The number of carbonyl (C=O) groups is 1. The van der Waals surface area contributed by atoms with E-state index in [0.717, 1.165) is 29.0 Å². The van der Waals surface area contributed by atoms with Gasteiger partial charge in [0.05, 0.1) is 12.2 Å². The van der Waals surface area contributed by atoms with Crippen LogP contribution in [0.3, 0.4) is 0 Å². The third-order valence-electron chi connectivity index (χ3n) is 4.75. The Morgan fingerprint density at radius 1 is 1.12 bits per heavy atom. The summed E-state index contributed by atoms with van der Waals surface area (Å²) >= 11 is 0. The molecule has 3 rings (SSSR count). The van der Waals surface area contributed by atoms with Crippen LogP contribution in [0.4, 0.5) is 5.69 Å². The Balaban J connectivity index is 2.08. The van der Waals surface area contributed by atoms with E-state index in [2.05, 4.69) is 33.0 Å². The number of anilines is 1. The molecule has 0 aliphatic carbocycles. The molecule has 0 radical (unpaired) electrons. The summed E-state index contributed by atoms with van der Waals surface area (Å²) in [6.07, 6.45) is 0.889. The first kappa shape index (κ1) is 18.3. The van der Waals surface area contributed by atoms with Crippen molar-refractivity contribution >= 4 is 11.6 Å². The quantitative estimate of drug-likeness (QED) is 0.806. The molecule has 1 amide bonds. The average Bonchev–Trinajstić information content (AvgIpc) is 2.63. The van der Waals surface area contributed by atoms with Gasteiger partial charge in [0.2, 0.25) is 0 Å². The Hall–Kier alpha value is -2.49. The Labute approximate surface area is 156 Å². The van der Waals surface area contributed by atoms with Crippen molar-refractivity contribution in [1.82, 2.24) is 4.90 Å². The molecule has 1 unspecified atom stereocenters. The van der Waals surface area contributed by atoms with Gasteiger partial charge in [-0.3, -0.25) is 4.79 Å². The second kappa shape index (κ2) is 7.40. The zero-order valence-corrected chi connectivity index (χ0v) is 16.1. The highest BCUT2D eigenvalue weighted by atomic mass is 16.5. The molecule has 0 fully saturated rings. The highest BCUT2D eigenvalue weighted by Crippen LogP contribution is 2.41. The molecule has 138 valence electrons. The van der Waals surface area contributed by atoms with E-state index in [-0.39, 0.29) is 5.91 Å². The standard InChI is InChI=1S/C22H28N2O2/c1-5-14-24-21(25)17-10-6-8-12-19(17)23-22(24,4)18-11-7-9-13-20(18)26-15-16(2)3/h6-13,16,23H,5,14-15H2,1-4H3. The number of hydrogen-bond donors (Lipinski definition) is 1. The van der Waals surface area contributed by atoms with Crippen LogP contribution in [0.15, 0.2) is 48.5 Å². The van der Waals surface area contributed by atoms with Gasteiger partial charge < -0.3 is 15.0 Å². The minimum Gasteiger partial charge on any atom is -0.493 e. The molecule has 0 spiro atoms. The topological polar surface area (TPSA) is 41.6 Å². The van der Waals surface area contributed by atoms with Gasteiger partial charge in [-0.1, -0.05) is 51.1 Å². The minimum atomic E-state index is -0.658. The Bertz CT molecular complexity index is 787. The fraction of sp³-hybridized carbons (Fsp3) is 0.409. The molecule has 1 N–H and O–H groups in total. The van der Waals surface area contributed by atoms with E-state index >= 15 is 0 Å². The number of hydrogen-bond acceptors (Lipinski definition) is 3. The van der Waals surface area contributed by atoms with Crippen molar-refractivity contribution in [2.75, 3.05) is 18.5 Å². The number of rotatable bonds is 6. The first-order chi connectivity index (χ1) is 12.5. The van der Waals surface area contributed by atoms with Gasteiger partial charge in [-0.2, -0.15) is 0 Å². The Kier molecular flexibility index (Phi) is 5.21. The van der Waals surface area contributed by atoms with E-state index in [1.807, 2.05) is 53.4 Å². The molecule has 0 saturated heterocycles. The zero-order valence-electron chi connectivity index (χ0n) is 16.1. The van der Waals surface area contributed by atoms with Crippen molar-refractivity contribution in [3.63, 3.8) is 0 Å². The number of nitrogens with one attached hydrogen (secondary N) is 1. The first-order valence-electron chi connectivity index (χ1n) is 9.39. The molecule has 4 heteroatoms. The Morgan fingerprint density at radius 3 is 2.54 bits per heavy atom. The number of ether oxygens (including phenoxy) is 1. The summed E-state index contributed by atoms with van der Waals surface area (Å²) in [7, 11) is 0. The monoisotopic (exact) mass is 352 g/mol. The summed E-state index contributed by atoms with van der Waals surface area (Å²) in [6, 6.07) is 15.7. The highest BCUT2D eigenvalue weighted by molar-refractivity contribution is 6.02. The van der Waals surface area contributed by atoms with Crippen LogP contribution < -0.4 is 10.1 Å². The molecule has 0 aromatic heterocycles. The molecule has 1 atom stereocenters. The van der Waals surface area contributed by atoms with E-state index < -0.39 is 5.66 Å². The molecule has 0 saturated carbocycles. The molecule has 1 aliphatic heterocycles. The maximum absolute atomic E-state index is 13.2. The maximum atomic E-state index is 13.2. The third kappa shape index (κ3) is 3.28. The second-order valence-corrected chi connectivity index (χ2v) is 7.40. The van der Waals surface area contributed by atoms with Gasteiger partial charge in [0.25, 0.3) is 5.91 Å². The van der Waals surface area contributed by atoms with Crippen LogP contribution >= 0.6 is 0 Å². The highest BCUT2D eigenvalue weighted by Gasteiger charge is 2.43. The number of benzene rings is 2.